The van der Waals surface area contributed by atoms with Crippen molar-refractivity contribution in [1.82, 2.24) is 5.32 Å². The molecule has 0 saturated heterocycles. The van der Waals surface area contributed by atoms with Crippen LogP contribution in [0.1, 0.15) is 131 Å². The summed E-state index contributed by atoms with van der Waals surface area (Å²) in [5.41, 5.74) is 3.74. The monoisotopic (exact) mass is 685 g/mol. The molecule has 5 nitrogen and oxygen atoms in total. The summed E-state index contributed by atoms with van der Waals surface area (Å²) in [4.78, 5) is 18.3. The number of anilines is 1. The molecule has 0 aromatic heterocycles. The summed E-state index contributed by atoms with van der Waals surface area (Å²) in [6, 6.07) is 5.55. The van der Waals surface area contributed by atoms with Crippen LogP contribution in [0.15, 0.2) is 83.6 Å². The van der Waals surface area contributed by atoms with Gasteiger partial charge >= 0.3 is 51.4 Å². The number of fused-ring (bicyclic) bond motifs is 1. The molecule has 0 radical (unpaired) electrons. The van der Waals surface area contributed by atoms with Gasteiger partial charge in [-0.3, -0.25) is 16.6 Å². The molecular formula is C41H61FKN3O2-2. The number of unbranched alkanes of at least 4 members (excludes halogenated alkanes) is 4. The minimum absolute atomic E-state index is 0. The molecule has 48 heavy (non-hydrogen) atoms. The summed E-state index contributed by atoms with van der Waals surface area (Å²) in [5.74, 6) is -0.156. The molecule has 2 N–H and O–H groups in total. The molecule has 1 saturated carbocycles. The number of aliphatic imine (C=N–C) groups is 1. The second-order valence-electron chi connectivity index (χ2n) is 11.4. The van der Waals surface area contributed by atoms with Gasteiger partial charge in [0.2, 0.25) is 0 Å². The van der Waals surface area contributed by atoms with Gasteiger partial charge in [-0.15, -0.1) is 12.2 Å². The average Bonchev–Trinajstić information content (AvgIpc) is 3.29. The number of aliphatic hydroxyl groups excluding tert-OH is 1. The van der Waals surface area contributed by atoms with Gasteiger partial charge in [-0.2, -0.15) is 20.6 Å². The van der Waals surface area contributed by atoms with Gasteiger partial charge in [-0.05, 0) is 56.4 Å². The molecule has 1 amide bonds. The van der Waals surface area contributed by atoms with Crippen molar-refractivity contribution in [3.8, 4) is 0 Å². The Hall–Kier alpha value is -1.87. The predicted octanol–water partition coefficient (Wildman–Crippen LogP) is 8.21. The molecule has 1 atom stereocenters. The fraction of sp³-hybridized carbons (Fsp3) is 0.488. The van der Waals surface area contributed by atoms with Gasteiger partial charge in [0, 0.05) is 11.6 Å². The van der Waals surface area contributed by atoms with Crippen molar-refractivity contribution in [3.63, 3.8) is 0 Å². The van der Waals surface area contributed by atoms with E-state index in [-0.39, 0.29) is 69.0 Å². The number of nitrogens with one attached hydrogen (secondary N) is 1. The van der Waals surface area contributed by atoms with Gasteiger partial charge in [-0.1, -0.05) is 104 Å². The van der Waals surface area contributed by atoms with E-state index in [0.717, 1.165) is 36.6 Å². The maximum atomic E-state index is 14.0. The molecule has 1 aliphatic heterocycles. The van der Waals surface area contributed by atoms with E-state index in [0.29, 0.717) is 28.4 Å². The number of amides is 1. The van der Waals surface area contributed by atoms with E-state index in [1.54, 1.807) is 43.0 Å². The van der Waals surface area contributed by atoms with Crippen molar-refractivity contribution in [1.29, 1.82) is 0 Å². The predicted molar refractivity (Wildman–Crippen MR) is 201 cm³/mol. The van der Waals surface area contributed by atoms with Gasteiger partial charge in [0.15, 0.2) is 6.10 Å². The Morgan fingerprint density at radius 1 is 1.19 bits per heavy atom. The molecule has 3 rings (SSSR count). The third kappa shape index (κ3) is 15.8. The van der Waals surface area contributed by atoms with E-state index in [2.05, 4.69) is 50.3 Å². The largest absolute Gasteiger partial charge is 1.00 e. The topological polar surface area (TPSA) is 64.9 Å². The number of hydrogen-bond acceptors (Lipinski definition) is 4. The summed E-state index contributed by atoms with van der Waals surface area (Å²) in [5, 5.41) is 13.4. The fourth-order valence-electron chi connectivity index (χ4n) is 5.10. The summed E-state index contributed by atoms with van der Waals surface area (Å²) in [6.07, 6.45) is 19.9. The van der Waals surface area contributed by atoms with Crippen LogP contribution in [-0.2, 0) is 4.79 Å². The zero-order valence-corrected chi connectivity index (χ0v) is 34.8. The number of carbonyl (C=O) groups is 1. The van der Waals surface area contributed by atoms with Crippen LogP contribution < -0.4 is 61.6 Å². The van der Waals surface area contributed by atoms with Crippen LogP contribution in [0.2, 0.25) is 0 Å². The standard InChI is InChI=1S/C29H32FN3O2.C7H16.C3H7.C2H6.K/c1-7-10-26(25(30)9-3)32-19(5)14-22(31-6)13-18(4)21-11-12-24-27(17-21)33(29(35)28(24)34)23-15-20(8-2)16-23;1-3-5-7-6-4-2;1-3-2;1-2;/h6-7,9-13,17,20,23,28,32,34H,3-4,8,15-16H2,1-2,5H3;3-7H2,1-2H3;3H,1-2H3;1-2H3;/q-2;;-1;;+1/b10-7-,22-13+,26-25-;;;;. The number of allylic oxidation sites excluding steroid dienone is 8. The van der Waals surface area contributed by atoms with E-state index in [1.165, 1.54) is 32.1 Å². The Labute approximate surface area is 335 Å². The minimum Gasteiger partial charge on any atom is -0.497 e. The summed E-state index contributed by atoms with van der Waals surface area (Å²) in [7, 11) is 0. The van der Waals surface area contributed by atoms with E-state index < -0.39 is 11.9 Å². The van der Waals surface area contributed by atoms with Crippen LogP contribution in [0.25, 0.3) is 5.57 Å². The van der Waals surface area contributed by atoms with Gasteiger partial charge in [0.25, 0.3) is 5.91 Å². The van der Waals surface area contributed by atoms with Crippen LogP contribution in [0, 0.1) is 18.4 Å². The molecule has 1 fully saturated rings. The zero-order chi connectivity index (χ0) is 35.9. The smallest absolute Gasteiger partial charge is 0.497 e. The van der Waals surface area contributed by atoms with Crippen LogP contribution >= 0.6 is 0 Å². The Morgan fingerprint density at radius 2 is 1.77 bits per heavy atom. The number of nitrogens with zero attached hydrogens (tertiary/aromatic N) is 2. The molecule has 1 aromatic carbocycles. The van der Waals surface area contributed by atoms with Crippen molar-refractivity contribution in [2.24, 2.45) is 10.9 Å². The van der Waals surface area contributed by atoms with Crippen LogP contribution in [0.4, 0.5) is 10.1 Å². The molecule has 1 aliphatic carbocycles. The molecule has 262 valence electrons. The van der Waals surface area contributed by atoms with Gasteiger partial charge in [0.1, 0.15) is 5.83 Å². The van der Waals surface area contributed by atoms with Crippen molar-refractivity contribution in [3.05, 3.63) is 102 Å². The number of aliphatic hydroxyl groups is 1. The van der Waals surface area contributed by atoms with Crippen LogP contribution in [-0.4, -0.2) is 23.8 Å². The second-order valence-corrected chi connectivity index (χ2v) is 11.4. The second kappa shape index (κ2) is 27.9. The van der Waals surface area contributed by atoms with Crippen LogP contribution in [0.5, 0.6) is 0 Å². The number of halogens is 1. The van der Waals surface area contributed by atoms with E-state index in [9.17, 15) is 14.3 Å². The fourth-order valence-corrected chi connectivity index (χ4v) is 5.10. The number of rotatable bonds is 14. The van der Waals surface area contributed by atoms with E-state index >= 15 is 0 Å². The Morgan fingerprint density at radius 3 is 2.25 bits per heavy atom. The third-order valence-corrected chi connectivity index (χ3v) is 7.64. The SMILES string of the molecule is CC.CCCCCCC.C[CH-]C.[CH-]=N/C([C-]=C(C)NC(/C=C\C)=C(\F)C=C)=C/C(=C)c1ccc2c(c1)N(C1CC(CC)C1)C(=O)C2O.[K+]. The first-order valence-corrected chi connectivity index (χ1v) is 17.3. The van der Waals surface area contributed by atoms with Crippen molar-refractivity contribution in [2.75, 3.05) is 4.90 Å². The van der Waals surface area contributed by atoms with E-state index in [1.807, 2.05) is 46.2 Å². The first-order valence-electron chi connectivity index (χ1n) is 17.3. The summed E-state index contributed by atoms with van der Waals surface area (Å²) in [6.45, 7) is 31.3. The van der Waals surface area contributed by atoms with Crippen molar-refractivity contribution >= 4 is 23.9 Å². The molecule has 2 aliphatic rings. The van der Waals surface area contributed by atoms with Gasteiger partial charge in [-0.25, -0.2) is 4.39 Å². The molecule has 7 heteroatoms. The maximum Gasteiger partial charge on any atom is 1.00 e. The van der Waals surface area contributed by atoms with Crippen molar-refractivity contribution < 1.29 is 65.7 Å². The van der Waals surface area contributed by atoms with Crippen molar-refractivity contribution in [2.45, 2.75) is 126 Å². The Balaban J connectivity index is 0. The van der Waals surface area contributed by atoms with Gasteiger partial charge < -0.3 is 32.8 Å². The molecule has 1 aromatic rings. The number of benzene rings is 1. The van der Waals surface area contributed by atoms with Crippen LogP contribution in [0.3, 0.4) is 0 Å². The number of hydrogen-bond donors (Lipinski definition) is 2. The molecule has 1 heterocycles. The summed E-state index contributed by atoms with van der Waals surface area (Å²) >= 11 is 0. The van der Waals surface area contributed by atoms with E-state index in [4.69, 9.17) is 6.72 Å². The third-order valence-electron chi connectivity index (χ3n) is 7.64. The molecule has 0 bridgehead atoms. The minimum atomic E-state index is -1.14. The quantitative estimate of drug-likeness (QED) is 0.0683. The average molecular weight is 686 g/mol. The summed E-state index contributed by atoms with van der Waals surface area (Å²) < 4.78 is 14.0. The number of carbonyl (C=O) groups excluding carboxylic acids is 1. The Bertz CT molecular complexity index is 1250. The first kappa shape index (κ1) is 48.2. The molecule has 0 spiro atoms. The maximum absolute atomic E-state index is 14.0. The Kier molecular flexibility index (Phi) is 28.0. The normalized spacial score (nSPS) is 18.7. The zero-order valence-electron chi connectivity index (χ0n) is 31.6. The van der Waals surface area contributed by atoms with Gasteiger partial charge in [0.05, 0.1) is 11.4 Å². The molecular weight excluding hydrogens is 625 g/mol. The first-order chi connectivity index (χ1) is 22.6. The molecule has 1 unspecified atom stereocenters.